The van der Waals surface area contributed by atoms with Gasteiger partial charge in [-0.2, -0.15) is 0 Å². The third-order valence-electron chi connectivity index (χ3n) is 8.66. The second-order valence-electron chi connectivity index (χ2n) is 15.0. The Kier molecular flexibility index (Phi) is 14.0. The highest BCUT2D eigenvalue weighted by molar-refractivity contribution is 7.89. The van der Waals surface area contributed by atoms with Crippen molar-refractivity contribution in [1.82, 2.24) is 9.62 Å². The zero-order chi connectivity index (χ0) is 37.4. The summed E-state index contributed by atoms with van der Waals surface area (Å²) in [5, 5.41) is 2.61. The first-order valence-corrected chi connectivity index (χ1v) is 19.4. The van der Waals surface area contributed by atoms with Crippen molar-refractivity contribution in [2.75, 3.05) is 11.1 Å². The van der Waals surface area contributed by atoms with E-state index in [0.29, 0.717) is 24.2 Å². The molecule has 1 saturated heterocycles. The van der Waals surface area contributed by atoms with E-state index in [-0.39, 0.29) is 22.8 Å². The number of rotatable bonds is 17. The van der Waals surface area contributed by atoms with Gasteiger partial charge in [0, 0.05) is 5.41 Å². The van der Waals surface area contributed by atoms with Crippen LogP contribution < -0.4 is 14.8 Å². The van der Waals surface area contributed by atoms with Gasteiger partial charge in [0.05, 0.1) is 29.1 Å². The number of ketones is 1. The van der Waals surface area contributed by atoms with Gasteiger partial charge in [-0.3, -0.25) is 14.4 Å². The first-order chi connectivity index (χ1) is 23.3. The standard InChI is InChI=1S/C36H55N3O10S/c1-9-10-11-12-13-16-21-50(45,46)38-26-17-14-15-18-27(26)48-32(42)24-19-20-25(28(22-24)47-23(2)3)37-31(41)29(30(40)35(4,5)6)39-33(43)36(7,8)49-34(39)44/h19-20,22-23,26-27,29,38H,9-18,21H2,1-8H3,(H,37,41). The minimum absolute atomic E-state index is 0.0203. The lowest BCUT2D eigenvalue weighted by molar-refractivity contribution is -0.145. The maximum absolute atomic E-state index is 13.7. The van der Waals surface area contributed by atoms with Gasteiger partial charge in [-0.15, -0.1) is 0 Å². The smallest absolute Gasteiger partial charge is 0.418 e. The van der Waals surface area contributed by atoms with Gasteiger partial charge in [0.15, 0.2) is 17.4 Å². The predicted molar refractivity (Wildman–Crippen MR) is 188 cm³/mol. The number of esters is 1. The number of cyclic esters (lactones) is 1. The number of imide groups is 1. The second-order valence-corrected chi connectivity index (χ2v) is 16.8. The summed E-state index contributed by atoms with van der Waals surface area (Å²) >= 11 is 0. The number of benzene rings is 1. The maximum Gasteiger partial charge on any atom is 0.418 e. The van der Waals surface area contributed by atoms with Gasteiger partial charge in [0.1, 0.15) is 11.9 Å². The molecule has 13 nitrogen and oxygen atoms in total. The number of amides is 3. The van der Waals surface area contributed by atoms with Crippen LogP contribution in [0, 0.1) is 5.41 Å². The number of Topliss-reactive ketones (excluding diaryl/α,β-unsaturated/α-hetero) is 1. The number of hydrogen-bond acceptors (Lipinski definition) is 10. The number of hydrogen-bond donors (Lipinski definition) is 2. The van der Waals surface area contributed by atoms with E-state index in [1.54, 1.807) is 34.6 Å². The summed E-state index contributed by atoms with van der Waals surface area (Å²) in [6, 6.07) is 1.81. The van der Waals surface area contributed by atoms with Crippen molar-refractivity contribution in [2.45, 2.75) is 149 Å². The average molecular weight is 722 g/mol. The molecule has 0 bridgehead atoms. The van der Waals surface area contributed by atoms with Gasteiger partial charge in [-0.05, 0) is 71.6 Å². The molecule has 1 heterocycles. The van der Waals surface area contributed by atoms with Crippen LogP contribution >= 0.6 is 0 Å². The fraction of sp³-hybridized carbons (Fsp3) is 0.694. The van der Waals surface area contributed by atoms with Crippen LogP contribution in [0.2, 0.25) is 0 Å². The normalized spacial score (nSPS) is 20.0. The fourth-order valence-corrected chi connectivity index (χ4v) is 7.35. The van der Waals surface area contributed by atoms with Gasteiger partial charge in [0.25, 0.3) is 11.8 Å². The van der Waals surface area contributed by atoms with Crippen LogP contribution in [0.1, 0.15) is 130 Å². The number of carbonyl (C=O) groups excluding carboxylic acids is 5. The van der Waals surface area contributed by atoms with Crippen LogP contribution in [0.25, 0.3) is 0 Å². The Morgan fingerprint density at radius 3 is 2.26 bits per heavy atom. The summed E-state index contributed by atoms with van der Waals surface area (Å²) in [5.74, 6) is -3.07. The maximum atomic E-state index is 13.7. The van der Waals surface area contributed by atoms with Gasteiger partial charge >= 0.3 is 12.1 Å². The monoisotopic (exact) mass is 721 g/mol. The third-order valence-corrected chi connectivity index (χ3v) is 10.2. The Morgan fingerprint density at radius 2 is 1.66 bits per heavy atom. The molecule has 1 aromatic carbocycles. The molecule has 0 radical (unpaired) electrons. The number of sulfonamides is 1. The van der Waals surface area contributed by atoms with E-state index < -0.39 is 75.0 Å². The van der Waals surface area contributed by atoms with Gasteiger partial charge in [0.2, 0.25) is 10.0 Å². The molecule has 14 heteroatoms. The average Bonchev–Trinajstić information content (AvgIpc) is 3.21. The van der Waals surface area contributed by atoms with Gasteiger partial charge in [-0.25, -0.2) is 27.6 Å². The van der Waals surface area contributed by atoms with Crippen LogP contribution in [-0.2, 0) is 33.9 Å². The number of carbonyl (C=O) groups is 5. The molecule has 0 aromatic heterocycles. The highest BCUT2D eigenvalue weighted by Crippen LogP contribution is 2.33. The Hall–Kier alpha value is -3.52. The number of nitrogens with zero attached hydrogens (tertiary/aromatic N) is 1. The van der Waals surface area contributed by atoms with E-state index in [1.807, 2.05) is 0 Å². The Bertz CT molecular complexity index is 1520. The molecule has 3 amide bonds. The molecule has 1 aromatic rings. The zero-order valence-electron chi connectivity index (χ0n) is 30.8. The molecule has 50 heavy (non-hydrogen) atoms. The molecular formula is C36H55N3O10S. The molecule has 3 rings (SSSR count). The molecular weight excluding hydrogens is 666 g/mol. The lowest BCUT2D eigenvalue weighted by Crippen LogP contribution is -2.55. The van der Waals surface area contributed by atoms with Gasteiger partial charge < -0.3 is 19.5 Å². The molecule has 1 saturated carbocycles. The molecule has 1 aliphatic heterocycles. The predicted octanol–water partition coefficient (Wildman–Crippen LogP) is 5.90. The Balaban J connectivity index is 1.79. The highest BCUT2D eigenvalue weighted by atomic mass is 32.2. The van der Waals surface area contributed by atoms with Crippen LogP contribution in [0.3, 0.4) is 0 Å². The van der Waals surface area contributed by atoms with E-state index in [0.717, 1.165) is 44.9 Å². The first kappa shape index (κ1) is 40.9. The molecule has 3 unspecified atom stereocenters. The lowest BCUT2D eigenvalue weighted by atomic mass is 9.85. The van der Waals surface area contributed by atoms with Crippen molar-refractivity contribution >= 4 is 45.4 Å². The first-order valence-electron chi connectivity index (χ1n) is 17.7. The lowest BCUT2D eigenvalue weighted by Gasteiger charge is -2.31. The molecule has 2 fully saturated rings. The molecule has 3 atom stereocenters. The quantitative estimate of drug-likeness (QED) is 0.112. The second kappa shape index (κ2) is 17.1. The van der Waals surface area contributed by atoms with Crippen LogP contribution in [0.5, 0.6) is 5.75 Å². The molecule has 2 aliphatic rings. The number of ether oxygens (including phenoxy) is 3. The van der Waals surface area contributed by atoms with Crippen molar-refractivity contribution in [3.05, 3.63) is 23.8 Å². The Labute approximate surface area is 296 Å². The minimum Gasteiger partial charge on any atom is -0.489 e. The molecule has 1 aliphatic carbocycles. The summed E-state index contributed by atoms with van der Waals surface area (Å²) in [6.45, 7) is 13.1. The summed E-state index contributed by atoms with van der Waals surface area (Å²) < 4.78 is 45.5. The summed E-state index contributed by atoms with van der Waals surface area (Å²) in [6.07, 6.45) is 6.19. The van der Waals surface area contributed by atoms with E-state index in [9.17, 15) is 32.4 Å². The fourth-order valence-electron chi connectivity index (χ4n) is 5.92. The molecule has 2 N–H and O–H groups in total. The van der Waals surface area contributed by atoms with Crippen LogP contribution in [0.15, 0.2) is 18.2 Å². The van der Waals surface area contributed by atoms with E-state index in [4.69, 9.17) is 14.2 Å². The largest absolute Gasteiger partial charge is 0.489 e. The van der Waals surface area contributed by atoms with Crippen molar-refractivity contribution in [3.63, 3.8) is 0 Å². The molecule has 0 spiro atoms. The summed E-state index contributed by atoms with van der Waals surface area (Å²) in [5.41, 5.74) is -2.49. The van der Waals surface area contributed by atoms with E-state index in [1.165, 1.54) is 32.0 Å². The summed E-state index contributed by atoms with van der Waals surface area (Å²) in [4.78, 5) is 67.1. The third kappa shape index (κ3) is 11.0. The Morgan fingerprint density at radius 1 is 1.02 bits per heavy atom. The number of anilines is 1. The summed E-state index contributed by atoms with van der Waals surface area (Å²) in [7, 11) is -3.57. The van der Waals surface area contributed by atoms with Crippen molar-refractivity contribution in [3.8, 4) is 5.75 Å². The minimum atomic E-state index is -3.57. The zero-order valence-corrected chi connectivity index (χ0v) is 31.6. The van der Waals surface area contributed by atoms with Crippen molar-refractivity contribution in [2.24, 2.45) is 5.41 Å². The van der Waals surface area contributed by atoms with Crippen LogP contribution in [0.4, 0.5) is 10.5 Å². The van der Waals surface area contributed by atoms with Crippen molar-refractivity contribution < 1.29 is 46.6 Å². The number of nitrogens with one attached hydrogen (secondary N) is 2. The highest BCUT2D eigenvalue weighted by Gasteiger charge is 2.55. The van der Waals surface area contributed by atoms with Crippen molar-refractivity contribution in [1.29, 1.82) is 0 Å². The van der Waals surface area contributed by atoms with Gasteiger partial charge in [-0.1, -0.05) is 66.2 Å². The van der Waals surface area contributed by atoms with E-state index in [2.05, 4.69) is 17.0 Å². The van der Waals surface area contributed by atoms with E-state index >= 15 is 0 Å². The topological polar surface area (TPSA) is 174 Å². The number of unbranched alkanes of at least 4 members (excludes halogenated alkanes) is 5. The van der Waals surface area contributed by atoms with Crippen LogP contribution in [-0.4, -0.2) is 78.6 Å². The molecule has 280 valence electrons. The SMILES string of the molecule is CCCCCCCCS(=O)(=O)NC1CCCCC1OC(=O)c1ccc(NC(=O)C(C(=O)C(C)(C)C)N2C(=O)OC(C)(C)C2=O)c(OC(C)C)c1.